The van der Waals surface area contributed by atoms with E-state index in [0.29, 0.717) is 29.3 Å². The van der Waals surface area contributed by atoms with Gasteiger partial charge in [0.2, 0.25) is 0 Å². The third-order valence-electron chi connectivity index (χ3n) is 4.31. The predicted molar refractivity (Wildman–Crippen MR) is 110 cm³/mol. The van der Waals surface area contributed by atoms with Gasteiger partial charge in [-0.1, -0.05) is 13.0 Å². The molecule has 3 N–H and O–H groups in total. The summed E-state index contributed by atoms with van der Waals surface area (Å²) >= 11 is 1.59. The molecule has 8 heteroatoms. The Kier molecular flexibility index (Phi) is 6.23. The second-order valence-corrected chi connectivity index (χ2v) is 7.10. The zero-order valence-electron chi connectivity index (χ0n) is 15.9. The highest BCUT2D eigenvalue weighted by atomic mass is 32.1. The lowest BCUT2D eigenvalue weighted by Gasteiger charge is -2.15. The maximum absolute atomic E-state index is 12.8. The van der Waals surface area contributed by atoms with Crippen LogP contribution in [-0.4, -0.2) is 30.1 Å². The van der Waals surface area contributed by atoms with Crippen LogP contribution in [0.1, 0.15) is 39.5 Å². The van der Waals surface area contributed by atoms with Gasteiger partial charge in [-0.3, -0.25) is 4.79 Å². The second-order valence-electron chi connectivity index (χ2n) is 6.17. The summed E-state index contributed by atoms with van der Waals surface area (Å²) < 4.78 is 10.4. The van der Waals surface area contributed by atoms with E-state index in [9.17, 15) is 4.79 Å². The van der Waals surface area contributed by atoms with Crippen LogP contribution in [0, 0.1) is 0 Å². The summed E-state index contributed by atoms with van der Waals surface area (Å²) in [5.41, 5.74) is 8.49. The van der Waals surface area contributed by atoms with Crippen LogP contribution in [-0.2, 0) is 11.3 Å². The molecule has 0 aliphatic rings. The molecule has 28 heavy (non-hydrogen) atoms. The Bertz CT molecular complexity index is 960. The predicted octanol–water partition coefficient (Wildman–Crippen LogP) is 3.68. The molecular formula is C20H22N4O3S. The number of methoxy groups -OCH3 is 2. The molecule has 0 fully saturated rings. The van der Waals surface area contributed by atoms with Gasteiger partial charge in [-0.25, -0.2) is 9.97 Å². The fourth-order valence-corrected chi connectivity index (χ4v) is 3.53. The maximum atomic E-state index is 12.8. The maximum Gasteiger partial charge on any atom is 0.259 e. The van der Waals surface area contributed by atoms with E-state index in [4.69, 9.17) is 15.2 Å². The molecule has 0 aliphatic carbocycles. The standard InChI is InChI=1S/C20H22N4O3S/c1-12(20-22-8-9-28-20)13-4-7-17(27-3)16(10-13)24-19(25)15-6-5-14(11-26-2)23-18(15)21/h4-10,12H,11H2,1-3H3,(H2,21,23)(H,24,25). The molecule has 0 spiro atoms. The van der Waals surface area contributed by atoms with Crippen molar-refractivity contribution < 1.29 is 14.3 Å². The number of benzene rings is 1. The molecule has 2 aromatic heterocycles. The van der Waals surface area contributed by atoms with Crippen LogP contribution in [0.15, 0.2) is 41.9 Å². The average molecular weight is 398 g/mol. The van der Waals surface area contributed by atoms with E-state index in [1.54, 1.807) is 43.9 Å². The quantitative estimate of drug-likeness (QED) is 0.630. The number of nitrogens with two attached hydrogens (primary N) is 1. The first-order chi connectivity index (χ1) is 13.5. The summed E-state index contributed by atoms with van der Waals surface area (Å²) in [4.78, 5) is 21.3. The molecule has 7 nitrogen and oxygen atoms in total. The smallest absolute Gasteiger partial charge is 0.259 e. The van der Waals surface area contributed by atoms with Crippen molar-refractivity contribution in [1.29, 1.82) is 0 Å². The van der Waals surface area contributed by atoms with Crippen molar-refractivity contribution in [3.63, 3.8) is 0 Å². The molecule has 0 saturated heterocycles. The van der Waals surface area contributed by atoms with Gasteiger partial charge in [-0.05, 0) is 29.8 Å². The zero-order valence-corrected chi connectivity index (χ0v) is 16.7. The minimum absolute atomic E-state index is 0.0987. The van der Waals surface area contributed by atoms with Crippen LogP contribution in [0.2, 0.25) is 0 Å². The molecule has 0 radical (unpaired) electrons. The number of hydrogen-bond acceptors (Lipinski definition) is 7. The molecular weight excluding hydrogens is 376 g/mol. The third-order valence-corrected chi connectivity index (χ3v) is 5.27. The molecule has 1 amide bonds. The molecule has 146 valence electrons. The number of hydrogen-bond donors (Lipinski definition) is 2. The first kappa shape index (κ1) is 19.8. The third kappa shape index (κ3) is 4.29. The van der Waals surface area contributed by atoms with Gasteiger partial charge in [0.25, 0.3) is 5.91 Å². The van der Waals surface area contributed by atoms with E-state index in [2.05, 4.69) is 22.2 Å². The molecule has 0 bridgehead atoms. The minimum Gasteiger partial charge on any atom is -0.495 e. The van der Waals surface area contributed by atoms with Crippen molar-refractivity contribution in [3.05, 3.63) is 63.7 Å². The van der Waals surface area contributed by atoms with E-state index in [1.807, 2.05) is 23.6 Å². The van der Waals surface area contributed by atoms with Crippen molar-refractivity contribution in [2.75, 3.05) is 25.3 Å². The largest absolute Gasteiger partial charge is 0.495 e. The van der Waals surface area contributed by atoms with Crippen LogP contribution in [0.5, 0.6) is 5.75 Å². The normalized spacial score (nSPS) is 11.8. The number of nitrogen functional groups attached to an aromatic ring is 1. The summed E-state index contributed by atoms with van der Waals surface area (Å²) in [5, 5.41) is 5.83. The molecule has 3 rings (SSSR count). The molecule has 1 unspecified atom stereocenters. The van der Waals surface area contributed by atoms with Gasteiger partial charge < -0.3 is 20.5 Å². The first-order valence-electron chi connectivity index (χ1n) is 8.66. The van der Waals surface area contributed by atoms with Crippen LogP contribution < -0.4 is 15.8 Å². The molecule has 1 atom stereocenters. The van der Waals surface area contributed by atoms with E-state index >= 15 is 0 Å². The Morgan fingerprint density at radius 1 is 1.29 bits per heavy atom. The lowest BCUT2D eigenvalue weighted by molar-refractivity contribution is 0.102. The highest BCUT2D eigenvalue weighted by molar-refractivity contribution is 7.09. The summed E-state index contributed by atoms with van der Waals surface area (Å²) in [6.45, 7) is 2.40. The zero-order chi connectivity index (χ0) is 20.1. The van der Waals surface area contributed by atoms with Crippen molar-refractivity contribution in [2.24, 2.45) is 0 Å². The summed E-state index contributed by atoms with van der Waals surface area (Å²) in [6.07, 6.45) is 1.78. The summed E-state index contributed by atoms with van der Waals surface area (Å²) in [7, 11) is 3.13. The van der Waals surface area contributed by atoms with Gasteiger partial charge in [-0.15, -0.1) is 11.3 Å². The topological polar surface area (TPSA) is 99.4 Å². The number of anilines is 2. The number of carbonyl (C=O) groups excluding carboxylic acids is 1. The fourth-order valence-electron chi connectivity index (χ4n) is 2.81. The van der Waals surface area contributed by atoms with Gasteiger partial charge in [0.05, 0.1) is 35.7 Å². The number of nitrogens with one attached hydrogen (secondary N) is 1. The number of rotatable bonds is 7. The molecule has 1 aromatic carbocycles. The summed E-state index contributed by atoms with van der Waals surface area (Å²) in [6, 6.07) is 9.05. The lowest BCUT2D eigenvalue weighted by atomic mass is 10.0. The first-order valence-corrected chi connectivity index (χ1v) is 9.54. The highest BCUT2D eigenvalue weighted by Crippen LogP contribution is 2.32. The average Bonchev–Trinajstić information content (AvgIpc) is 3.22. The number of thiazole rings is 1. The van der Waals surface area contributed by atoms with Crippen LogP contribution in [0.25, 0.3) is 0 Å². The van der Waals surface area contributed by atoms with Crippen molar-refractivity contribution >= 4 is 28.7 Å². The van der Waals surface area contributed by atoms with Gasteiger partial charge in [0.1, 0.15) is 11.6 Å². The van der Waals surface area contributed by atoms with E-state index in [1.165, 1.54) is 0 Å². The Morgan fingerprint density at radius 2 is 2.11 bits per heavy atom. The van der Waals surface area contributed by atoms with Crippen molar-refractivity contribution in [1.82, 2.24) is 9.97 Å². The minimum atomic E-state index is -0.355. The van der Waals surface area contributed by atoms with Crippen LogP contribution in [0.3, 0.4) is 0 Å². The van der Waals surface area contributed by atoms with Gasteiger partial charge in [0.15, 0.2) is 0 Å². The van der Waals surface area contributed by atoms with E-state index in [-0.39, 0.29) is 17.6 Å². The van der Waals surface area contributed by atoms with Crippen LogP contribution in [0.4, 0.5) is 11.5 Å². The molecule has 3 aromatic rings. The van der Waals surface area contributed by atoms with Gasteiger partial charge in [0, 0.05) is 24.6 Å². The van der Waals surface area contributed by atoms with E-state index in [0.717, 1.165) is 10.6 Å². The lowest BCUT2D eigenvalue weighted by Crippen LogP contribution is -2.16. The number of carbonyl (C=O) groups is 1. The van der Waals surface area contributed by atoms with Crippen LogP contribution >= 0.6 is 11.3 Å². The van der Waals surface area contributed by atoms with Gasteiger partial charge >= 0.3 is 0 Å². The molecule has 0 saturated carbocycles. The molecule has 0 aliphatic heterocycles. The Labute approximate surface area is 167 Å². The monoisotopic (exact) mass is 398 g/mol. The Hall–Kier alpha value is -2.97. The number of pyridine rings is 1. The highest BCUT2D eigenvalue weighted by Gasteiger charge is 2.17. The number of nitrogens with zero attached hydrogens (tertiary/aromatic N) is 2. The van der Waals surface area contributed by atoms with E-state index < -0.39 is 0 Å². The summed E-state index contributed by atoms with van der Waals surface area (Å²) in [5.74, 6) is 0.456. The Morgan fingerprint density at radius 3 is 2.75 bits per heavy atom. The van der Waals surface area contributed by atoms with Gasteiger partial charge in [-0.2, -0.15) is 0 Å². The Balaban J connectivity index is 1.86. The molecule has 2 heterocycles. The number of aromatic nitrogens is 2. The second kappa shape index (κ2) is 8.81. The number of ether oxygens (including phenoxy) is 2. The SMILES string of the molecule is COCc1ccc(C(=O)Nc2cc(C(C)c3nccs3)ccc2OC)c(N)n1. The number of amides is 1. The fraction of sp³-hybridized carbons (Fsp3) is 0.250. The van der Waals surface area contributed by atoms with Crippen molar-refractivity contribution in [2.45, 2.75) is 19.4 Å². The van der Waals surface area contributed by atoms with Crippen molar-refractivity contribution in [3.8, 4) is 5.75 Å².